The molecule has 2 heterocycles. The van der Waals surface area contributed by atoms with Crippen LogP contribution in [0, 0.1) is 0 Å². The molecule has 3 rings (SSSR count). The summed E-state index contributed by atoms with van der Waals surface area (Å²) in [6.45, 7) is 1.19. The molecule has 1 amide bonds. The maximum Gasteiger partial charge on any atom is 0.316 e. The van der Waals surface area contributed by atoms with E-state index >= 15 is 0 Å². The molecule has 1 unspecified atom stereocenters. The summed E-state index contributed by atoms with van der Waals surface area (Å²) in [6.07, 6.45) is 3.94. The van der Waals surface area contributed by atoms with E-state index in [1.807, 2.05) is 24.3 Å². The van der Waals surface area contributed by atoms with Gasteiger partial charge in [-0.2, -0.15) is 0 Å². The molecule has 0 radical (unpaired) electrons. The predicted molar refractivity (Wildman–Crippen MR) is 89.4 cm³/mol. The Hall–Kier alpha value is -2.34. The van der Waals surface area contributed by atoms with Gasteiger partial charge in [-0.05, 0) is 6.07 Å². The molecule has 2 aromatic rings. The lowest BCUT2D eigenvalue weighted by Crippen LogP contribution is -2.32. The number of aromatic nitrogens is 2. The van der Waals surface area contributed by atoms with Crippen molar-refractivity contribution in [3.63, 3.8) is 0 Å². The first-order chi connectivity index (χ1) is 11.7. The van der Waals surface area contributed by atoms with Crippen LogP contribution in [0.2, 0.25) is 5.02 Å². The number of carbonyl (C=O) groups excluding carboxylic acids is 1. The number of ether oxygens (including phenoxy) is 2. The molecule has 1 aliphatic heterocycles. The largest absolute Gasteiger partial charge is 0.496 e. The zero-order valence-electron chi connectivity index (χ0n) is 13.3. The van der Waals surface area contributed by atoms with Crippen LogP contribution in [0.3, 0.4) is 0 Å². The highest BCUT2D eigenvalue weighted by Crippen LogP contribution is 2.21. The molecule has 1 aliphatic rings. The smallest absolute Gasteiger partial charge is 0.316 e. The van der Waals surface area contributed by atoms with Crippen molar-refractivity contribution in [3.8, 4) is 11.8 Å². The molecule has 1 atom stereocenters. The highest BCUT2D eigenvalue weighted by atomic mass is 35.5. The lowest BCUT2D eigenvalue weighted by molar-refractivity contribution is -0.129. The lowest BCUT2D eigenvalue weighted by atomic mass is 10.1. The summed E-state index contributed by atoms with van der Waals surface area (Å²) < 4.78 is 11.0. The summed E-state index contributed by atoms with van der Waals surface area (Å²) >= 11 is 5.75. The minimum atomic E-state index is -0.104. The van der Waals surface area contributed by atoms with E-state index in [0.29, 0.717) is 24.5 Å². The van der Waals surface area contributed by atoms with Gasteiger partial charge in [-0.1, -0.05) is 29.8 Å². The maximum atomic E-state index is 12.5. The van der Waals surface area contributed by atoms with Crippen LogP contribution < -0.4 is 9.47 Å². The van der Waals surface area contributed by atoms with Crippen LogP contribution in [-0.4, -0.2) is 47.1 Å². The number of hydrogen-bond donors (Lipinski definition) is 0. The van der Waals surface area contributed by atoms with Gasteiger partial charge in [-0.3, -0.25) is 4.79 Å². The molecule has 1 aromatic heterocycles. The monoisotopic (exact) mass is 347 g/mol. The van der Waals surface area contributed by atoms with E-state index in [9.17, 15) is 4.79 Å². The Morgan fingerprint density at radius 1 is 1.33 bits per heavy atom. The number of halogens is 1. The third-order valence-corrected chi connectivity index (χ3v) is 4.10. The van der Waals surface area contributed by atoms with E-state index in [2.05, 4.69) is 9.97 Å². The Bertz CT molecular complexity index is 708. The van der Waals surface area contributed by atoms with Gasteiger partial charge in [0.25, 0.3) is 0 Å². The van der Waals surface area contributed by atoms with E-state index in [0.717, 1.165) is 17.7 Å². The Labute approximate surface area is 145 Å². The number of nitrogens with zero attached hydrogens (tertiary/aromatic N) is 3. The Morgan fingerprint density at radius 3 is 2.83 bits per heavy atom. The molecule has 0 spiro atoms. The first-order valence-electron chi connectivity index (χ1n) is 7.69. The van der Waals surface area contributed by atoms with Crippen LogP contribution in [0.5, 0.6) is 11.8 Å². The molecular weight excluding hydrogens is 330 g/mol. The first-order valence-corrected chi connectivity index (χ1v) is 8.07. The van der Waals surface area contributed by atoms with E-state index in [1.54, 1.807) is 12.0 Å². The topological polar surface area (TPSA) is 64.5 Å². The summed E-state index contributed by atoms with van der Waals surface area (Å²) in [6, 6.07) is 7.83. The van der Waals surface area contributed by atoms with E-state index in [-0.39, 0.29) is 18.0 Å². The summed E-state index contributed by atoms with van der Waals surface area (Å²) in [7, 11) is 1.61. The normalized spacial score (nSPS) is 16.9. The maximum absolute atomic E-state index is 12.5. The van der Waals surface area contributed by atoms with Crippen LogP contribution in [0.15, 0.2) is 36.7 Å². The number of likely N-dealkylation sites (tertiary alicyclic amines) is 1. The van der Waals surface area contributed by atoms with Gasteiger partial charge in [0, 0.05) is 18.5 Å². The van der Waals surface area contributed by atoms with Crippen LogP contribution in [-0.2, 0) is 11.2 Å². The average molecular weight is 348 g/mol. The molecule has 1 saturated heterocycles. The van der Waals surface area contributed by atoms with E-state index < -0.39 is 0 Å². The minimum Gasteiger partial charge on any atom is -0.496 e. The molecule has 6 nitrogen and oxygen atoms in total. The molecule has 126 valence electrons. The van der Waals surface area contributed by atoms with Gasteiger partial charge in [0.05, 0.1) is 37.5 Å². The highest BCUT2D eigenvalue weighted by molar-refractivity contribution is 6.30. The van der Waals surface area contributed by atoms with Crippen LogP contribution in [0.25, 0.3) is 0 Å². The molecule has 24 heavy (non-hydrogen) atoms. The standard InChI is InChI=1S/C17H18ClN3O3/c1-23-15-5-3-2-4-12(15)8-16(22)21-7-6-14(11-21)24-17-19-9-13(18)10-20-17/h2-5,9-10,14H,6-8,11H2,1H3. The van der Waals surface area contributed by atoms with Gasteiger partial charge in [0.1, 0.15) is 11.9 Å². The third-order valence-electron chi connectivity index (χ3n) is 3.90. The number of para-hydroxylation sites is 1. The molecule has 0 aliphatic carbocycles. The summed E-state index contributed by atoms with van der Waals surface area (Å²) in [4.78, 5) is 22.3. The van der Waals surface area contributed by atoms with Gasteiger partial charge in [-0.25, -0.2) is 9.97 Å². The third kappa shape index (κ3) is 3.94. The predicted octanol–water partition coefficient (Wildman–Crippen LogP) is 2.36. The van der Waals surface area contributed by atoms with Crippen molar-refractivity contribution in [2.24, 2.45) is 0 Å². The van der Waals surface area contributed by atoms with Gasteiger partial charge in [-0.15, -0.1) is 0 Å². The minimum absolute atomic E-state index is 0.0580. The summed E-state index contributed by atoms with van der Waals surface area (Å²) in [5, 5.41) is 0.461. The second kappa shape index (κ2) is 7.49. The second-order valence-corrected chi connectivity index (χ2v) is 5.98. The van der Waals surface area contributed by atoms with Crippen molar-refractivity contribution in [3.05, 3.63) is 47.2 Å². The van der Waals surface area contributed by atoms with Gasteiger partial charge in [0.2, 0.25) is 5.91 Å². The highest BCUT2D eigenvalue weighted by Gasteiger charge is 2.28. The van der Waals surface area contributed by atoms with Crippen molar-refractivity contribution >= 4 is 17.5 Å². The quantitative estimate of drug-likeness (QED) is 0.830. The second-order valence-electron chi connectivity index (χ2n) is 5.54. The number of hydrogen-bond acceptors (Lipinski definition) is 5. The van der Waals surface area contributed by atoms with Crippen LogP contribution in [0.4, 0.5) is 0 Å². The number of carbonyl (C=O) groups is 1. The molecule has 0 saturated carbocycles. The van der Waals surface area contributed by atoms with Crippen LogP contribution >= 0.6 is 11.6 Å². The molecular formula is C17H18ClN3O3. The van der Waals surface area contributed by atoms with Crippen molar-refractivity contribution in [2.45, 2.75) is 18.9 Å². The van der Waals surface area contributed by atoms with Crippen LogP contribution in [0.1, 0.15) is 12.0 Å². The van der Waals surface area contributed by atoms with Crippen molar-refractivity contribution < 1.29 is 14.3 Å². The summed E-state index contributed by atoms with van der Waals surface area (Å²) in [5.41, 5.74) is 0.885. The van der Waals surface area contributed by atoms with Crippen molar-refractivity contribution in [1.82, 2.24) is 14.9 Å². The van der Waals surface area contributed by atoms with E-state index in [1.165, 1.54) is 12.4 Å². The van der Waals surface area contributed by atoms with Crippen molar-refractivity contribution in [1.29, 1.82) is 0 Å². The van der Waals surface area contributed by atoms with Crippen molar-refractivity contribution in [2.75, 3.05) is 20.2 Å². The van der Waals surface area contributed by atoms with Gasteiger partial charge < -0.3 is 14.4 Å². The number of methoxy groups -OCH3 is 1. The molecule has 0 N–H and O–H groups in total. The Balaban J connectivity index is 1.56. The summed E-state index contributed by atoms with van der Waals surface area (Å²) in [5.74, 6) is 0.787. The molecule has 7 heteroatoms. The fraction of sp³-hybridized carbons (Fsp3) is 0.353. The fourth-order valence-corrected chi connectivity index (χ4v) is 2.78. The average Bonchev–Trinajstić information content (AvgIpc) is 3.06. The van der Waals surface area contributed by atoms with Gasteiger partial charge >= 0.3 is 6.01 Å². The zero-order chi connectivity index (χ0) is 16.9. The van der Waals surface area contributed by atoms with Gasteiger partial charge in [0.15, 0.2) is 0 Å². The SMILES string of the molecule is COc1ccccc1CC(=O)N1CCC(Oc2ncc(Cl)cn2)C1. The molecule has 0 bridgehead atoms. The molecule has 1 aromatic carbocycles. The number of benzene rings is 1. The lowest BCUT2D eigenvalue weighted by Gasteiger charge is -2.17. The Kier molecular flexibility index (Phi) is 5.15. The fourth-order valence-electron chi connectivity index (χ4n) is 2.69. The first kappa shape index (κ1) is 16.5. The zero-order valence-corrected chi connectivity index (χ0v) is 14.1. The number of amides is 1. The number of rotatable bonds is 5. The Morgan fingerprint density at radius 2 is 2.08 bits per heavy atom. The van der Waals surface area contributed by atoms with E-state index in [4.69, 9.17) is 21.1 Å². The molecule has 1 fully saturated rings.